The van der Waals surface area contributed by atoms with Crippen molar-refractivity contribution in [1.82, 2.24) is 0 Å². The SMILES string of the molecule is O=C(Nc1cccc(B(O)O)c1)C12CC3CC(CC(C3)C1)C2. The average Bonchev–Trinajstić information content (AvgIpc) is 2.46. The van der Waals surface area contributed by atoms with Crippen LogP contribution in [0.15, 0.2) is 24.3 Å². The predicted molar refractivity (Wildman–Crippen MR) is 85.5 cm³/mol. The fourth-order valence-corrected chi connectivity index (χ4v) is 5.43. The van der Waals surface area contributed by atoms with E-state index in [-0.39, 0.29) is 11.3 Å². The quantitative estimate of drug-likeness (QED) is 0.741. The molecule has 1 amide bonds. The molecule has 4 saturated carbocycles. The summed E-state index contributed by atoms with van der Waals surface area (Å²) in [4.78, 5) is 12.9. The van der Waals surface area contributed by atoms with Gasteiger partial charge in [0.15, 0.2) is 0 Å². The maximum absolute atomic E-state index is 12.9. The Labute approximate surface area is 131 Å². The molecular weight excluding hydrogens is 277 g/mol. The molecule has 0 saturated heterocycles. The Morgan fingerprint density at radius 1 is 1.09 bits per heavy atom. The van der Waals surface area contributed by atoms with Crippen LogP contribution in [-0.4, -0.2) is 23.1 Å². The molecule has 0 aromatic heterocycles. The molecule has 3 N–H and O–H groups in total. The van der Waals surface area contributed by atoms with Gasteiger partial charge in [0.1, 0.15) is 0 Å². The standard InChI is InChI=1S/C17H22BNO3/c20-16(19-15-3-1-2-14(7-15)18(21)22)17-8-11-4-12(9-17)6-13(5-11)10-17/h1-3,7,11-13,21-22H,4-6,8-10H2,(H,19,20). The lowest BCUT2D eigenvalue weighted by Crippen LogP contribution is -2.51. The molecular formula is C17H22BNO3. The first kappa shape index (κ1) is 14.3. The highest BCUT2D eigenvalue weighted by molar-refractivity contribution is 6.58. The minimum absolute atomic E-state index is 0.135. The van der Waals surface area contributed by atoms with E-state index in [9.17, 15) is 14.8 Å². The molecule has 0 aliphatic heterocycles. The summed E-state index contributed by atoms with van der Waals surface area (Å²) in [6.45, 7) is 0. The number of anilines is 1. The van der Waals surface area contributed by atoms with Gasteiger partial charge in [-0.1, -0.05) is 12.1 Å². The molecule has 4 nitrogen and oxygen atoms in total. The van der Waals surface area contributed by atoms with E-state index in [1.807, 2.05) is 6.07 Å². The van der Waals surface area contributed by atoms with Crippen molar-refractivity contribution in [3.8, 4) is 0 Å². The summed E-state index contributed by atoms with van der Waals surface area (Å²) in [5.74, 6) is 2.35. The van der Waals surface area contributed by atoms with E-state index in [4.69, 9.17) is 0 Å². The normalized spacial score (nSPS) is 35.5. The lowest BCUT2D eigenvalue weighted by atomic mass is 9.49. The van der Waals surface area contributed by atoms with Crippen molar-refractivity contribution in [3.05, 3.63) is 24.3 Å². The summed E-state index contributed by atoms with van der Waals surface area (Å²) in [5, 5.41) is 21.5. The number of rotatable bonds is 3. The molecule has 1 aromatic carbocycles. The van der Waals surface area contributed by atoms with Crippen molar-refractivity contribution in [1.29, 1.82) is 0 Å². The molecule has 0 heterocycles. The van der Waals surface area contributed by atoms with Crippen LogP contribution in [0.3, 0.4) is 0 Å². The van der Waals surface area contributed by atoms with Gasteiger partial charge >= 0.3 is 7.12 Å². The Hall–Kier alpha value is -1.33. The molecule has 4 aliphatic rings. The molecule has 0 atom stereocenters. The second-order valence-electron chi connectivity index (χ2n) is 7.65. The van der Waals surface area contributed by atoms with E-state index in [1.165, 1.54) is 19.3 Å². The first-order valence-electron chi connectivity index (χ1n) is 8.32. The molecule has 4 bridgehead atoms. The van der Waals surface area contributed by atoms with Gasteiger partial charge in [-0.2, -0.15) is 0 Å². The molecule has 0 radical (unpaired) electrons. The van der Waals surface area contributed by atoms with Crippen LogP contribution >= 0.6 is 0 Å². The third kappa shape index (κ3) is 2.36. The number of carbonyl (C=O) groups is 1. The summed E-state index contributed by atoms with van der Waals surface area (Å²) >= 11 is 0. The summed E-state index contributed by atoms with van der Waals surface area (Å²) < 4.78 is 0. The maximum atomic E-state index is 12.9. The lowest BCUT2D eigenvalue weighted by molar-refractivity contribution is -0.140. The van der Waals surface area contributed by atoms with Gasteiger partial charge in [0.2, 0.25) is 5.91 Å². The minimum atomic E-state index is -1.50. The van der Waals surface area contributed by atoms with E-state index < -0.39 is 7.12 Å². The highest BCUT2D eigenvalue weighted by Crippen LogP contribution is 2.60. The zero-order chi connectivity index (χ0) is 15.3. The molecule has 4 fully saturated rings. The Morgan fingerprint density at radius 2 is 1.68 bits per heavy atom. The fourth-order valence-electron chi connectivity index (χ4n) is 5.43. The Bertz CT molecular complexity index is 566. The van der Waals surface area contributed by atoms with Crippen LogP contribution in [-0.2, 0) is 4.79 Å². The number of amides is 1. The molecule has 116 valence electrons. The molecule has 5 heteroatoms. The van der Waals surface area contributed by atoms with Crippen molar-refractivity contribution in [2.75, 3.05) is 5.32 Å². The molecule has 5 rings (SSSR count). The van der Waals surface area contributed by atoms with Gasteiger partial charge in [-0.05, 0) is 73.9 Å². The van der Waals surface area contributed by atoms with Crippen LogP contribution in [0.4, 0.5) is 5.69 Å². The van der Waals surface area contributed by atoms with E-state index in [0.717, 1.165) is 37.0 Å². The highest BCUT2D eigenvalue weighted by Gasteiger charge is 2.54. The summed E-state index contributed by atoms with van der Waals surface area (Å²) in [5.41, 5.74) is 0.887. The molecule has 4 aliphatic carbocycles. The Balaban J connectivity index is 1.54. The van der Waals surface area contributed by atoms with Gasteiger partial charge in [0.05, 0.1) is 5.41 Å². The van der Waals surface area contributed by atoms with Crippen molar-refractivity contribution in [3.63, 3.8) is 0 Å². The smallest absolute Gasteiger partial charge is 0.423 e. The van der Waals surface area contributed by atoms with E-state index >= 15 is 0 Å². The number of carbonyl (C=O) groups excluding carboxylic acids is 1. The highest BCUT2D eigenvalue weighted by atomic mass is 16.4. The fraction of sp³-hybridized carbons (Fsp3) is 0.588. The van der Waals surface area contributed by atoms with Crippen LogP contribution < -0.4 is 10.8 Å². The van der Waals surface area contributed by atoms with Crippen LogP contribution in [0.25, 0.3) is 0 Å². The van der Waals surface area contributed by atoms with Crippen LogP contribution in [0.1, 0.15) is 38.5 Å². The van der Waals surface area contributed by atoms with Crippen LogP contribution in [0, 0.1) is 23.2 Å². The Kier molecular flexibility index (Phi) is 3.31. The molecule has 1 aromatic rings. The zero-order valence-electron chi connectivity index (χ0n) is 12.7. The lowest BCUT2D eigenvalue weighted by Gasteiger charge is -2.55. The summed E-state index contributed by atoms with van der Waals surface area (Å²) in [6.07, 6.45) is 7.06. The number of hydrogen-bond donors (Lipinski definition) is 3. The number of hydrogen-bond acceptors (Lipinski definition) is 3. The second-order valence-corrected chi connectivity index (χ2v) is 7.65. The van der Waals surface area contributed by atoms with Gasteiger partial charge in [-0.3, -0.25) is 4.79 Å². The van der Waals surface area contributed by atoms with Gasteiger partial charge in [0, 0.05) is 5.69 Å². The Morgan fingerprint density at radius 3 is 2.23 bits per heavy atom. The average molecular weight is 299 g/mol. The largest absolute Gasteiger partial charge is 0.488 e. The van der Waals surface area contributed by atoms with Gasteiger partial charge < -0.3 is 15.4 Å². The summed E-state index contributed by atoms with van der Waals surface area (Å²) in [6, 6.07) is 6.84. The zero-order valence-corrected chi connectivity index (χ0v) is 12.7. The van der Waals surface area contributed by atoms with E-state index in [2.05, 4.69) is 5.32 Å². The predicted octanol–water partition coefficient (Wildman–Crippen LogP) is 1.52. The van der Waals surface area contributed by atoms with Gasteiger partial charge in [-0.15, -0.1) is 0 Å². The van der Waals surface area contributed by atoms with Gasteiger partial charge in [0.25, 0.3) is 0 Å². The van der Waals surface area contributed by atoms with Crippen LogP contribution in [0.2, 0.25) is 0 Å². The van der Waals surface area contributed by atoms with E-state index in [1.54, 1.807) is 18.2 Å². The van der Waals surface area contributed by atoms with Crippen LogP contribution in [0.5, 0.6) is 0 Å². The first-order valence-corrected chi connectivity index (χ1v) is 8.32. The number of benzene rings is 1. The monoisotopic (exact) mass is 299 g/mol. The minimum Gasteiger partial charge on any atom is -0.423 e. The maximum Gasteiger partial charge on any atom is 0.488 e. The van der Waals surface area contributed by atoms with Crippen molar-refractivity contribution < 1.29 is 14.8 Å². The van der Waals surface area contributed by atoms with Crippen molar-refractivity contribution >= 4 is 24.2 Å². The molecule has 0 unspecified atom stereocenters. The first-order chi connectivity index (χ1) is 10.5. The molecule has 22 heavy (non-hydrogen) atoms. The third-order valence-electron chi connectivity index (χ3n) is 5.96. The molecule has 0 spiro atoms. The topological polar surface area (TPSA) is 69.6 Å². The van der Waals surface area contributed by atoms with Crippen molar-refractivity contribution in [2.24, 2.45) is 23.2 Å². The third-order valence-corrected chi connectivity index (χ3v) is 5.96. The van der Waals surface area contributed by atoms with E-state index in [0.29, 0.717) is 11.2 Å². The van der Waals surface area contributed by atoms with Gasteiger partial charge in [-0.25, -0.2) is 0 Å². The second kappa shape index (κ2) is 5.10. The summed E-state index contributed by atoms with van der Waals surface area (Å²) in [7, 11) is -1.50. The number of nitrogens with one attached hydrogen (secondary N) is 1. The van der Waals surface area contributed by atoms with Crippen molar-refractivity contribution in [2.45, 2.75) is 38.5 Å².